The molecule has 3 nitrogen and oxygen atoms in total. The van der Waals surface area contributed by atoms with E-state index in [1.807, 2.05) is 18.2 Å². The number of nitrogens with one attached hydrogen (secondary N) is 1. The van der Waals surface area contributed by atoms with Crippen molar-refractivity contribution in [3.8, 4) is 11.5 Å². The molecule has 1 N–H and O–H groups in total. The summed E-state index contributed by atoms with van der Waals surface area (Å²) in [5, 5.41) is 3.02. The van der Waals surface area contributed by atoms with Crippen molar-refractivity contribution in [1.82, 2.24) is 5.32 Å². The molecule has 1 aromatic carbocycles. The van der Waals surface area contributed by atoms with Crippen molar-refractivity contribution in [2.45, 2.75) is 6.54 Å². The van der Waals surface area contributed by atoms with Crippen molar-refractivity contribution in [3.05, 3.63) is 23.8 Å². The van der Waals surface area contributed by atoms with Crippen molar-refractivity contribution < 1.29 is 9.47 Å². The Morgan fingerprint density at radius 3 is 2.50 bits per heavy atom. The molecule has 0 aromatic heterocycles. The molecule has 0 saturated heterocycles. The maximum absolute atomic E-state index is 5.52. The third-order valence-corrected chi connectivity index (χ3v) is 2.06. The van der Waals surface area contributed by atoms with Crippen molar-refractivity contribution in [1.29, 1.82) is 0 Å². The Hall–Kier alpha value is -0.930. The Labute approximate surface area is 89.0 Å². The highest BCUT2D eigenvalue weighted by molar-refractivity contribution is 6.17. The number of benzene rings is 1. The Kier molecular flexibility index (Phi) is 4.56. The molecule has 0 amide bonds. The molecule has 4 heteroatoms. The molecule has 0 spiro atoms. The Morgan fingerprint density at radius 1 is 1.21 bits per heavy atom. The van der Waals surface area contributed by atoms with Crippen LogP contribution in [0.3, 0.4) is 0 Å². The Bertz CT molecular complexity index is 291. The van der Waals surface area contributed by atoms with Gasteiger partial charge in [-0.2, -0.15) is 0 Å². The van der Waals surface area contributed by atoms with Crippen LogP contribution >= 0.6 is 11.6 Å². The van der Waals surface area contributed by atoms with Crippen LogP contribution in [0.4, 0.5) is 0 Å². The van der Waals surface area contributed by atoms with E-state index in [4.69, 9.17) is 21.1 Å². The number of halogens is 1. The van der Waals surface area contributed by atoms with Gasteiger partial charge in [0.15, 0.2) is 11.5 Å². The third kappa shape index (κ3) is 2.79. The zero-order chi connectivity index (χ0) is 10.4. The lowest BCUT2D eigenvalue weighted by Crippen LogP contribution is -2.10. The summed E-state index contributed by atoms with van der Waals surface area (Å²) >= 11 is 5.52. The number of hydrogen-bond donors (Lipinski definition) is 1. The largest absolute Gasteiger partial charge is 0.493 e. The minimum absolute atomic E-state index is 0.439. The van der Waals surface area contributed by atoms with E-state index >= 15 is 0 Å². The molecule has 0 bridgehead atoms. The number of rotatable bonds is 5. The zero-order valence-corrected chi connectivity index (χ0v) is 9.10. The fourth-order valence-corrected chi connectivity index (χ4v) is 1.28. The van der Waals surface area contributed by atoms with E-state index in [0.29, 0.717) is 6.00 Å². The van der Waals surface area contributed by atoms with Crippen LogP contribution in [0.5, 0.6) is 11.5 Å². The van der Waals surface area contributed by atoms with Crippen LogP contribution in [-0.4, -0.2) is 20.2 Å². The molecule has 0 aliphatic heterocycles. The van der Waals surface area contributed by atoms with E-state index in [2.05, 4.69) is 5.32 Å². The SMILES string of the molecule is COc1ccc(CNCCl)cc1OC. The molecule has 0 saturated carbocycles. The van der Waals surface area contributed by atoms with Crippen LogP contribution in [0.2, 0.25) is 0 Å². The average molecular weight is 216 g/mol. The van der Waals surface area contributed by atoms with Gasteiger partial charge in [-0.1, -0.05) is 6.07 Å². The minimum Gasteiger partial charge on any atom is -0.493 e. The van der Waals surface area contributed by atoms with Gasteiger partial charge in [-0.05, 0) is 17.7 Å². The number of hydrogen-bond acceptors (Lipinski definition) is 3. The molecule has 0 aliphatic carbocycles. The average Bonchev–Trinajstić information content (AvgIpc) is 2.25. The second kappa shape index (κ2) is 5.73. The van der Waals surface area contributed by atoms with E-state index in [1.165, 1.54) is 0 Å². The molecule has 1 aromatic rings. The maximum Gasteiger partial charge on any atom is 0.161 e. The number of ether oxygens (including phenoxy) is 2. The van der Waals surface area contributed by atoms with E-state index < -0.39 is 0 Å². The van der Waals surface area contributed by atoms with Gasteiger partial charge in [0.25, 0.3) is 0 Å². The second-order valence-corrected chi connectivity index (χ2v) is 3.02. The van der Waals surface area contributed by atoms with E-state index in [-0.39, 0.29) is 0 Å². The van der Waals surface area contributed by atoms with Crippen LogP contribution in [0.15, 0.2) is 18.2 Å². The summed E-state index contributed by atoms with van der Waals surface area (Å²) in [6.45, 7) is 0.726. The van der Waals surface area contributed by atoms with E-state index in [1.54, 1.807) is 14.2 Å². The summed E-state index contributed by atoms with van der Waals surface area (Å²) < 4.78 is 10.3. The highest BCUT2D eigenvalue weighted by Gasteiger charge is 2.03. The molecule has 0 atom stereocenters. The molecule has 0 heterocycles. The minimum atomic E-state index is 0.439. The second-order valence-electron chi connectivity index (χ2n) is 2.75. The van der Waals surface area contributed by atoms with Crippen LogP contribution in [0.1, 0.15) is 5.56 Å². The van der Waals surface area contributed by atoms with Crippen LogP contribution in [0.25, 0.3) is 0 Å². The first kappa shape index (κ1) is 11.1. The summed E-state index contributed by atoms with van der Waals surface area (Å²) in [6.07, 6.45) is 0. The summed E-state index contributed by atoms with van der Waals surface area (Å²) in [5.41, 5.74) is 1.11. The van der Waals surface area contributed by atoms with Crippen LogP contribution < -0.4 is 14.8 Å². The van der Waals surface area contributed by atoms with Gasteiger partial charge in [0, 0.05) is 6.54 Å². The molecule has 1 rings (SSSR count). The maximum atomic E-state index is 5.52. The predicted octanol–water partition coefficient (Wildman–Crippen LogP) is 1.99. The Balaban J connectivity index is 2.79. The fraction of sp³-hybridized carbons (Fsp3) is 0.400. The van der Waals surface area contributed by atoms with E-state index in [9.17, 15) is 0 Å². The first-order valence-corrected chi connectivity index (χ1v) is 4.83. The summed E-state index contributed by atoms with van der Waals surface area (Å²) in [7, 11) is 3.24. The predicted molar refractivity (Wildman–Crippen MR) is 57.1 cm³/mol. The van der Waals surface area contributed by atoms with Crippen molar-refractivity contribution in [3.63, 3.8) is 0 Å². The van der Waals surface area contributed by atoms with Crippen molar-refractivity contribution >= 4 is 11.6 Å². The van der Waals surface area contributed by atoms with Gasteiger partial charge in [0.1, 0.15) is 0 Å². The Morgan fingerprint density at radius 2 is 1.93 bits per heavy atom. The normalized spacial score (nSPS) is 9.93. The molecule has 14 heavy (non-hydrogen) atoms. The summed E-state index contributed by atoms with van der Waals surface area (Å²) in [4.78, 5) is 0. The van der Waals surface area contributed by atoms with Gasteiger partial charge < -0.3 is 9.47 Å². The van der Waals surface area contributed by atoms with Crippen LogP contribution in [0, 0.1) is 0 Å². The fourth-order valence-electron chi connectivity index (χ4n) is 1.18. The lowest BCUT2D eigenvalue weighted by atomic mass is 10.2. The van der Waals surface area contributed by atoms with Gasteiger partial charge in [0.2, 0.25) is 0 Å². The smallest absolute Gasteiger partial charge is 0.161 e. The van der Waals surface area contributed by atoms with Gasteiger partial charge in [0.05, 0.1) is 20.2 Å². The van der Waals surface area contributed by atoms with Gasteiger partial charge in [-0.3, -0.25) is 5.32 Å². The summed E-state index contributed by atoms with van der Waals surface area (Å²) in [5.74, 6) is 1.48. The molecular weight excluding hydrogens is 202 g/mol. The highest BCUT2D eigenvalue weighted by Crippen LogP contribution is 2.27. The monoisotopic (exact) mass is 215 g/mol. The molecule has 0 unspecified atom stereocenters. The van der Waals surface area contributed by atoms with Crippen molar-refractivity contribution in [2.24, 2.45) is 0 Å². The molecule has 0 radical (unpaired) electrons. The lowest BCUT2D eigenvalue weighted by molar-refractivity contribution is 0.354. The molecule has 0 aliphatic rings. The molecular formula is C10H14ClNO2. The molecule has 78 valence electrons. The third-order valence-electron chi connectivity index (χ3n) is 1.87. The topological polar surface area (TPSA) is 30.5 Å². The first-order valence-electron chi connectivity index (χ1n) is 4.29. The van der Waals surface area contributed by atoms with Gasteiger partial charge in [-0.25, -0.2) is 0 Å². The number of alkyl halides is 1. The molecule has 0 fully saturated rings. The van der Waals surface area contributed by atoms with Crippen LogP contribution in [-0.2, 0) is 6.54 Å². The summed E-state index contributed by atoms with van der Waals surface area (Å²) in [6, 6.07) is 6.22. The highest BCUT2D eigenvalue weighted by atomic mass is 35.5. The lowest BCUT2D eigenvalue weighted by Gasteiger charge is -2.09. The quantitative estimate of drug-likeness (QED) is 0.602. The zero-order valence-electron chi connectivity index (χ0n) is 8.34. The van der Waals surface area contributed by atoms with Gasteiger partial charge >= 0.3 is 0 Å². The first-order chi connectivity index (χ1) is 6.81. The standard InChI is InChI=1S/C10H14ClNO2/c1-13-9-4-3-8(6-12-7-11)5-10(9)14-2/h3-5,12H,6-7H2,1-2H3. The number of methoxy groups -OCH3 is 2. The van der Waals surface area contributed by atoms with Crippen molar-refractivity contribution in [2.75, 3.05) is 20.2 Å². The van der Waals surface area contributed by atoms with E-state index in [0.717, 1.165) is 23.6 Å². The van der Waals surface area contributed by atoms with Gasteiger partial charge in [-0.15, -0.1) is 11.6 Å².